The van der Waals surface area contributed by atoms with E-state index >= 15 is 0 Å². The van der Waals surface area contributed by atoms with E-state index in [1.807, 2.05) is 0 Å². The number of benzene rings is 1. The first-order chi connectivity index (χ1) is 11.0. The van der Waals surface area contributed by atoms with Crippen LogP contribution in [-0.4, -0.2) is 31.3 Å². The van der Waals surface area contributed by atoms with E-state index in [1.54, 1.807) is 12.1 Å². The predicted octanol–water partition coefficient (Wildman–Crippen LogP) is 2.35. The molecule has 0 aliphatic heterocycles. The zero-order valence-electron chi connectivity index (χ0n) is 12.2. The molecule has 6 nitrogen and oxygen atoms in total. The Bertz CT molecular complexity index is 645. The maximum Gasteiger partial charge on any atom is 0.387 e. The summed E-state index contributed by atoms with van der Waals surface area (Å²) in [4.78, 5) is 12.0. The number of hydrogen-bond acceptors (Lipinski definition) is 5. The van der Waals surface area contributed by atoms with E-state index in [0.29, 0.717) is 5.76 Å². The SMILES string of the molecule is COc1cc(C(=O)NCC(O)c2ccco2)ccc1OC(F)F. The van der Waals surface area contributed by atoms with Gasteiger partial charge in [0.1, 0.15) is 11.9 Å². The van der Waals surface area contributed by atoms with Crippen LogP contribution in [0.3, 0.4) is 0 Å². The fraction of sp³-hybridized carbons (Fsp3) is 0.267. The number of aliphatic hydroxyl groups is 1. The molecule has 8 heteroatoms. The Kier molecular flexibility index (Phi) is 5.53. The number of aliphatic hydroxyl groups excluding tert-OH is 1. The van der Waals surface area contributed by atoms with Gasteiger partial charge in [-0.15, -0.1) is 0 Å². The van der Waals surface area contributed by atoms with Crippen LogP contribution in [0.25, 0.3) is 0 Å². The molecule has 0 spiro atoms. The first-order valence-electron chi connectivity index (χ1n) is 6.63. The third-order valence-corrected chi connectivity index (χ3v) is 2.97. The van der Waals surface area contributed by atoms with Crippen molar-refractivity contribution in [1.29, 1.82) is 0 Å². The quantitative estimate of drug-likeness (QED) is 0.816. The number of nitrogens with one attached hydrogen (secondary N) is 1. The Morgan fingerprint density at radius 2 is 2.13 bits per heavy atom. The van der Waals surface area contributed by atoms with E-state index in [1.165, 1.54) is 31.6 Å². The van der Waals surface area contributed by atoms with Crippen molar-refractivity contribution in [2.45, 2.75) is 12.7 Å². The molecule has 2 rings (SSSR count). The number of hydrogen-bond donors (Lipinski definition) is 2. The summed E-state index contributed by atoms with van der Waals surface area (Å²) in [6.45, 7) is -3.06. The number of furan rings is 1. The van der Waals surface area contributed by atoms with Crippen molar-refractivity contribution in [2.75, 3.05) is 13.7 Å². The number of rotatable bonds is 7. The Balaban J connectivity index is 2.01. The molecular formula is C15H15F2NO5. The largest absolute Gasteiger partial charge is 0.493 e. The van der Waals surface area contributed by atoms with Crippen molar-refractivity contribution in [1.82, 2.24) is 5.32 Å². The molecule has 0 fully saturated rings. The van der Waals surface area contributed by atoms with Gasteiger partial charge in [0.25, 0.3) is 5.91 Å². The van der Waals surface area contributed by atoms with Crippen LogP contribution in [0.1, 0.15) is 22.2 Å². The molecule has 2 aromatic rings. The molecule has 1 unspecified atom stereocenters. The normalized spacial score (nSPS) is 12.0. The maximum atomic E-state index is 12.2. The van der Waals surface area contributed by atoms with Gasteiger partial charge >= 0.3 is 6.61 Å². The monoisotopic (exact) mass is 327 g/mol. The lowest BCUT2D eigenvalue weighted by molar-refractivity contribution is -0.0512. The summed E-state index contributed by atoms with van der Waals surface area (Å²) >= 11 is 0. The molecule has 2 N–H and O–H groups in total. The van der Waals surface area contributed by atoms with E-state index in [9.17, 15) is 18.7 Å². The number of methoxy groups -OCH3 is 1. The molecular weight excluding hydrogens is 312 g/mol. The molecule has 1 aromatic heterocycles. The predicted molar refractivity (Wildman–Crippen MR) is 75.6 cm³/mol. The first-order valence-corrected chi connectivity index (χ1v) is 6.63. The molecule has 0 bridgehead atoms. The van der Waals surface area contributed by atoms with E-state index in [-0.39, 0.29) is 23.6 Å². The molecule has 1 atom stereocenters. The Hall–Kier alpha value is -2.61. The van der Waals surface area contributed by atoms with Crippen molar-refractivity contribution in [3.05, 3.63) is 47.9 Å². The highest BCUT2D eigenvalue weighted by Crippen LogP contribution is 2.29. The molecule has 23 heavy (non-hydrogen) atoms. The summed E-state index contributed by atoms with van der Waals surface area (Å²) in [6, 6.07) is 6.99. The van der Waals surface area contributed by atoms with Crippen molar-refractivity contribution in [2.24, 2.45) is 0 Å². The van der Waals surface area contributed by atoms with Gasteiger partial charge in [-0.25, -0.2) is 0 Å². The first kappa shape index (κ1) is 16.8. The minimum absolute atomic E-state index is 0.00420. The lowest BCUT2D eigenvalue weighted by atomic mass is 10.2. The number of alkyl halides is 2. The van der Waals surface area contributed by atoms with Gasteiger partial charge in [0.05, 0.1) is 19.9 Å². The lowest BCUT2D eigenvalue weighted by Gasteiger charge is -2.12. The lowest BCUT2D eigenvalue weighted by Crippen LogP contribution is -2.28. The summed E-state index contributed by atoms with van der Waals surface area (Å²) in [5.74, 6) is -0.347. The van der Waals surface area contributed by atoms with Crippen LogP contribution in [0.2, 0.25) is 0 Å². The minimum atomic E-state index is -2.99. The summed E-state index contributed by atoms with van der Waals surface area (Å²) in [5.41, 5.74) is 0.176. The fourth-order valence-electron chi connectivity index (χ4n) is 1.88. The molecule has 0 saturated carbocycles. The van der Waals surface area contributed by atoms with Crippen LogP contribution < -0.4 is 14.8 Å². The molecule has 1 heterocycles. The number of halogens is 2. The average Bonchev–Trinajstić information content (AvgIpc) is 3.06. The summed E-state index contributed by atoms with van der Waals surface area (Å²) in [7, 11) is 1.27. The Labute approximate surface area is 130 Å². The van der Waals surface area contributed by atoms with Gasteiger partial charge < -0.3 is 24.3 Å². The van der Waals surface area contributed by atoms with Crippen LogP contribution in [0, 0.1) is 0 Å². The summed E-state index contributed by atoms with van der Waals surface area (Å²) in [5, 5.41) is 12.3. The zero-order valence-corrected chi connectivity index (χ0v) is 12.2. The summed E-state index contributed by atoms with van der Waals surface area (Å²) < 4.78 is 38.7. The second-order valence-corrected chi connectivity index (χ2v) is 4.49. The van der Waals surface area contributed by atoms with Crippen LogP contribution in [0.4, 0.5) is 8.78 Å². The van der Waals surface area contributed by atoms with Crippen molar-refractivity contribution in [3.8, 4) is 11.5 Å². The molecule has 0 aliphatic carbocycles. The van der Waals surface area contributed by atoms with Gasteiger partial charge in [-0.1, -0.05) is 0 Å². The smallest absolute Gasteiger partial charge is 0.387 e. The number of amides is 1. The molecule has 0 radical (unpaired) electrons. The fourth-order valence-corrected chi connectivity index (χ4v) is 1.88. The minimum Gasteiger partial charge on any atom is -0.493 e. The van der Waals surface area contributed by atoms with Crippen molar-refractivity contribution in [3.63, 3.8) is 0 Å². The second-order valence-electron chi connectivity index (χ2n) is 4.49. The van der Waals surface area contributed by atoms with E-state index in [2.05, 4.69) is 10.1 Å². The number of carbonyl (C=O) groups excluding carboxylic acids is 1. The van der Waals surface area contributed by atoms with E-state index in [0.717, 1.165) is 0 Å². The second kappa shape index (κ2) is 7.59. The molecule has 0 aliphatic rings. The topological polar surface area (TPSA) is 80.9 Å². The molecule has 0 saturated heterocycles. The van der Waals surface area contributed by atoms with Crippen LogP contribution in [0.5, 0.6) is 11.5 Å². The third kappa shape index (κ3) is 4.43. The molecule has 1 aromatic carbocycles. The highest BCUT2D eigenvalue weighted by molar-refractivity contribution is 5.94. The van der Waals surface area contributed by atoms with Crippen molar-refractivity contribution >= 4 is 5.91 Å². The Morgan fingerprint density at radius 1 is 1.35 bits per heavy atom. The maximum absolute atomic E-state index is 12.2. The number of ether oxygens (including phenoxy) is 2. The van der Waals surface area contributed by atoms with Gasteiger partial charge in [0.2, 0.25) is 0 Å². The van der Waals surface area contributed by atoms with Crippen LogP contribution in [-0.2, 0) is 0 Å². The van der Waals surface area contributed by atoms with Gasteiger partial charge in [-0.05, 0) is 30.3 Å². The van der Waals surface area contributed by atoms with Crippen LogP contribution in [0.15, 0.2) is 41.0 Å². The van der Waals surface area contributed by atoms with Gasteiger partial charge in [0, 0.05) is 5.56 Å². The molecule has 124 valence electrons. The summed E-state index contributed by atoms with van der Waals surface area (Å²) in [6.07, 6.45) is 0.421. The van der Waals surface area contributed by atoms with Gasteiger partial charge in [0.15, 0.2) is 11.5 Å². The number of carbonyl (C=O) groups is 1. The van der Waals surface area contributed by atoms with Gasteiger partial charge in [-0.2, -0.15) is 8.78 Å². The standard InChI is InChI=1S/C15H15F2NO5/c1-21-13-7-9(4-5-12(13)23-15(16)17)14(20)18-8-10(19)11-3-2-6-22-11/h2-7,10,15,19H,8H2,1H3,(H,18,20). The van der Waals surface area contributed by atoms with Crippen LogP contribution >= 0.6 is 0 Å². The Morgan fingerprint density at radius 3 is 2.74 bits per heavy atom. The third-order valence-electron chi connectivity index (χ3n) is 2.97. The molecule has 1 amide bonds. The van der Waals surface area contributed by atoms with E-state index < -0.39 is 18.6 Å². The zero-order chi connectivity index (χ0) is 16.8. The average molecular weight is 327 g/mol. The van der Waals surface area contributed by atoms with E-state index in [4.69, 9.17) is 9.15 Å². The van der Waals surface area contributed by atoms with Gasteiger partial charge in [-0.3, -0.25) is 4.79 Å². The van der Waals surface area contributed by atoms with Crippen molar-refractivity contribution < 1.29 is 32.6 Å². The highest BCUT2D eigenvalue weighted by atomic mass is 19.3. The highest BCUT2D eigenvalue weighted by Gasteiger charge is 2.16.